The molecule has 0 radical (unpaired) electrons. The first-order chi connectivity index (χ1) is 23.6. The van der Waals surface area contributed by atoms with Gasteiger partial charge in [-0.2, -0.15) is 0 Å². The van der Waals surface area contributed by atoms with Crippen LogP contribution < -0.4 is 0 Å². The van der Waals surface area contributed by atoms with E-state index in [1.54, 1.807) is 0 Å². The van der Waals surface area contributed by atoms with E-state index in [0.29, 0.717) is 17.4 Å². The molecule has 0 heterocycles. The van der Waals surface area contributed by atoms with Gasteiger partial charge < -0.3 is 9.84 Å². The number of unbranched alkanes of at least 4 members (excludes halogenated alkanes) is 12. The van der Waals surface area contributed by atoms with Crippen LogP contribution in [-0.4, -0.2) is 17.9 Å². The van der Waals surface area contributed by atoms with Crippen molar-refractivity contribution in [2.75, 3.05) is 6.61 Å². The van der Waals surface area contributed by atoms with Crippen LogP contribution in [0.15, 0.2) is 23.8 Å². The molecule has 4 aliphatic carbocycles. The normalized spacial score (nSPS) is 31.7. The Morgan fingerprint density at radius 1 is 0.796 bits per heavy atom. The molecule has 282 valence electrons. The molecule has 0 aromatic heterocycles. The lowest BCUT2D eigenvalue weighted by molar-refractivity contribution is -0.0529. The molecule has 4 unspecified atom stereocenters. The number of rotatable bonds is 23. The monoisotopic (exact) mass is 681 g/mol. The molecule has 0 saturated heterocycles. The number of carboxylic acid groups (broad SMARTS) is 1. The fraction of sp³-hybridized carbons (Fsp3) is 0.891. The van der Waals surface area contributed by atoms with Gasteiger partial charge in [0.05, 0.1) is 6.61 Å². The number of carbonyl (C=O) groups is 1. The lowest BCUT2D eigenvalue weighted by Gasteiger charge is -2.58. The van der Waals surface area contributed by atoms with Gasteiger partial charge in [-0.1, -0.05) is 142 Å². The van der Waals surface area contributed by atoms with Crippen LogP contribution in [0.25, 0.3) is 0 Å². The molecule has 4 aliphatic rings. The third kappa shape index (κ3) is 11.9. The van der Waals surface area contributed by atoms with Gasteiger partial charge in [0, 0.05) is 0 Å². The standard InChI is InChI=1S/C46H80O3/c1-36(2)23-22-24-37(3)41-28-29-42-40-27-26-39-35-38(30-32-45(39,4)43(40)31-33-46(41,42)5)25-20-18-16-14-12-10-8-6-7-9-11-13-15-17-19-21-34-49-44(47)48/h6-7,26,36-38,40-43H,8-25,27-35H2,1-5H3,(H,47,48)/t37-,38?,40?,41-,42?,43?,45+,46-/m1/s1. The summed E-state index contributed by atoms with van der Waals surface area (Å²) in [4.78, 5) is 10.3. The second-order valence-electron chi connectivity index (χ2n) is 18.6. The van der Waals surface area contributed by atoms with E-state index in [9.17, 15) is 4.79 Å². The van der Waals surface area contributed by atoms with Crippen LogP contribution in [0.4, 0.5) is 4.79 Å². The maximum Gasteiger partial charge on any atom is 0.505 e. The topological polar surface area (TPSA) is 46.5 Å². The number of allylic oxidation sites excluding steroid dienone is 4. The largest absolute Gasteiger partial charge is 0.505 e. The predicted octanol–water partition coefficient (Wildman–Crippen LogP) is 14.7. The average Bonchev–Trinajstić information content (AvgIpc) is 3.43. The molecule has 8 atom stereocenters. The first kappa shape index (κ1) is 40.5. The summed E-state index contributed by atoms with van der Waals surface area (Å²) in [5.74, 6) is 6.62. The van der Waals surface area contributed by atoms with Gasteiger partial charge in [0.15, 0.2) is 0 Å². The van der Waals surface area contributed by atoms with Crippen molar-refractivity contribution in [3.63, 3.8) is 0 Å². The van der Waals surface area contributed by atoms with Gasteiger partial charge >= 0.3 is 6.16 Å². The predicted molar refractivity (Wildman–Crippen MR) is 209 cm³/mol. The SMILES string of the molecule is CC(C)CCC[C@@H](C)[C@H]1CCC2C3CC=C4CC(CCCCCCCCC=CCCCCCCCCOC(=O)O)CC[C@]4(C)C3CC[C@@]21C. The van der Waals surface area contributed by atoms with Crippen LogP contribution >= 0.6 is 0 Å². The molecule has 0 aromatic rings. The Labute approximate surface area is 304 Å². The van der Waals surface area contributed by atoms with Crippen molar-refractivity contribution >= 4 is 6.16 Å². The van der Waals surface area contributed by atoms with Gasteiger partial charge in [-0.3, -0.25) is 0 Å². The number of hydrogen-bond acceptors (Lipinski definition) is 2. The highest BCUT2D eigenvalue weighted by Gasteiger charge is 2.59. The molecule has 3 fully saturated rings. The summed E-state index contributed by atoms with van der Waals surface area (Å²) in [6.45, 7) is 13.2. The van der Waals surface area contributed by atoms with E-state index in [1.807, 2.05) is 5.57 Å². The number of hydrogen-bond donors (Lipinski definition) is 1. The van der Waals surface area contributed by atoms with Gasteiger partial charge in [0.2, 0.25) is 0 Å². The molecule has 3 heteroatoms. The molecule has 0 spiro atoms. The summed E-state index contributed by atoms with van der Waals surface area (Å²) >= 11 is 0. The maximum atomic E-state index is 10.3. The van der Waals surface area contributed by atoms with Crippen LogP contribution in [0.5, 0.6) is 0 Å². The summed E-state index contributed by atoms with van der Waals surface area (Å²) in [7, 11) is 0. The van der Waals surface area contributed by atoms with Crippen LogP contribution in [0, 0.1) is 52.3 Å². The van der Waals surface area contributed by atoms with Gasteiger partial charge in [-0.15, -0.1) is 0 Å². The van der Waals surface area contributed by atoms with E-state index in [4.69, 9.17) is 5.11 Å². The van der Waals surface area contributed by atoms with Crippen LogP contribution in [0.1, 0.15) is 202 Å². The highest BCUT2D eigenvalue weighted by molar-refractivity contribution is 5.56. The van der Waals surface area contributed by atoms with Crippen molar-refractivity contribution in [3.05, 3.63) is 23.8 Å². The Kier molecular flexibility index (Phi) is 17.1. The lowest BCUT2D eigenvalue weighted by atomic mass is 9.46. The average molecular weight is 681 g/mol. The summed E-state index contributed by atoms with van der Waals surface area (Å²) in [5.41, 5.74) is 3.02. The molecule has 1 N–H and O–H groups in total. The molecule has 0 bridgehead atoms. The molecule has 4 rings (SSSR count). The first-order valence-electron chi connectivity index (χ1n) is 21.9. The second kappa shape index (κ2) is 20.7. The van der Waals surface area contributed by atoms with Gasteiger partial charge in [0.1, 0.15) is 0 Å². The van der Waals surface area contributed by atoms with Gasteiger partial charge in [0.25, 0.3) is 0 Å². The van der Waals surface area contributed by atoms with Crippen LogP contribution in [-0.2, 0) is 4.74 Å². The molecular weight excluding hydrogens is 601 g/mol. The van der Waals surface area contributed by atoms with Crippen LogP contribution in [0.3, 0.4) is 0 Å². The smallest absolute Gasteiger partial charge is 0.450 e. The van der Waals surface area contributed by atoms with Gasteiger partial charge in [-0.05, 0) is 136 Å². The Morgan fingerprint density at radius 2 is 1.45 bits per heavy atom. The summed E-state index contributed by atoms with van der Waals surface area (Å²) < 4.78 is 4.55. The van der Waals surface area contributed by atoms with Crippen molar-refractivity contribution < 1.29 is 14.6 Å². The molecular formula is C46H80O3. The molecule has 3 saturated carbocycles. The third-order valence-electron chi connectivity index (χ3n) is 14.8. The molecule has 49 heavy (non-hydrogen) atoms. The highest BCUT2D eigenvalue weighted by atomic mass is 16.7. The Balaban J connectivity index is 1.04. The fourth-order valence-corrected chi connectivity index (χ4v) is 11.9. The third-order valence-corrected chi connectivity index (χ3v) is 14.8. The summed E-state index contributed by atoms with van der Waals surface area (Å²) in [6.07, 6.45) is 42.0. The minimum Gasteiger partial charge on any atom is -0.450 e. The minimum atomic E-state index is -1.15. The molecule has 0 amide bonds. The second-order valence-corrected chi connectivity index (χ2v) is 18.6. The van der Waals surface area contributed by atoms with E-state index in [0.717, 1.165) is 54.3 Å². The zero-order chi connectivity index (χ0) is 35.1. The lowest BCUT2D eigenvalue weighted by Crippen LogP contribution is -2.50. The Hall–Kier alpha value is -1.25. The van der Waals surface area contributed by atoms with Gasteiger partial charge in [-0.25, -0.2) is 4.79 Å². The number of ether oxygens (including phenoxy) is 1. The van der Waals surface area contributed by atoms with Crippen molar-refractivity contribution in [3.8, 4) is 0 Å². The number of fused-ring (bicyclic) bond motifs is 5. The van der Waals surface area contributed by atoms with Crippen LogP contribution in [0.2, 0.25) is 0 Å². The quantitative estimate of drug-likeness (QED) is 0.0664. The highest BCUT2D eigenvalue weighted by Crippen LogP contribution is 2.67. The van der Waals surface area contributed by atoms with E-state index in [1.165, 1.54) is 154 Å². The summed E-state index contributed by atoms with van der Waals surface area (Å²) in [5, 5.41) is 8.47. The molecule has 0 aliphatic heterocycles. The Bertz CT molecular complexity index is 1010. The molecule has 3 nitrogen and oxygen atoms in total. The molecule has 0 aromatic carbocycles. The summed E-state index contributed by atoms with van der Waals surface area (Å²) in [6, 6.07) is 0. The zero-order valence-corrected chi connectivity index (χ0v) is 33.1. The zero-order valence-electron chi connectivity index (χ0n) is 33.1. The van der Waals surface area contributed by atoms with Crippen molar-refractivity contribution in [2.24, 2.45) is 52.3 Å². The minimum absolute atomic E-state index is 0.344. The first-order valence-corrected chi connectivity index (χ1v) is 21.9. The fourth-order valence-electron chi connectivity index (χ4n) is 11.9. The maximum absolute atomic E-state index is 10.3. The van der Waals surface area contributed by atoms with Crippen molar-refractivity contribution in [2.45, 2.75) is 202 Å². The van der Waals surface area contributed by atoms with E-state index in [-0.39, 0.29) is 0 Å². The van der Waals surface area contributed by atoms with E-state index in [2.05, 4.69) is 57.6 Å². The van der Waals surface area contributed by atoms with Crippen molar-refractivity contribution in [1.82, 2.24) is 0 Å². The van der Waals surface area contributed by atoms with E-state index >= 15 is 0 Å². The van der Waals surface area contributed by atoms with E-state index < -0.39 is 6.16 Å². The Morgan fingerprint density at radius 3 is 2.12 bits per heavy atom. The van der Waals surface area contributed by atoms with Crippen molar-refractivity contribution in [1.29, 1.82) is 0 Å².